The van der Waals surface area contributed by atoms with Crippen molar-refractivity contribution in [3.05, 3.63) is 42.1 Å². The van der Waals surface area contributed by atoms with Gasteiger partial charge in [-0.1, -0.05) is 56.4 Å². The fraction of sp³-hybridized carbons (Fsp3) is 0.471. The molecule has 1 aliphatic rings. The van der Waals surface area contributed by atoms with Crippen LogP contribution in [0.25, 0.3) is 10.9 Å². The minimum absolute atomic E-state index is 0.951. The first kappa shape index (κ1) is 11.7. The number of benzene rings is 1. The summed E-state index contributed by atoms with van der Waals surface area (Å²) in [7, 11) is 0. The molecule has 0 N–H and O–H groups in total. The monoisotopic (exact) mass is 239 g/mol. The molecule has 1 aromatic heterocycles. The predicted molar refractivity (Wildman–Crippen MR) is 76.6 cm³/mol. The Labute approximate surface area is 109 Å². The van der Waals surface area contributed by atoms with Crippen LogP contribution in [0.2, 0.25) is 0 Å². The van der Waals surface area contributed by atoms with Gasteiger partial charge in [-0.3, -0.25) is 4.98 Å². The van der Waals surface area contributed by atoms with Crippen molar-refractivity contribution in [1.29, 1.82) is 0 Å². The van der Waals surface area contributed by atoms with E-state index in [1.165, 1.54) is 49.6 Å². The zero-order valence-corrected chi connectivity index (χ0v) is 10.9. The molecular weight excluding hydrogens is 218 g/mol. The first-order chi connectivity index (χ1) is 8.92. The van der Waals surface area contributed by atoms with E-state index in [0.717, 1.165) is 17.9 Å². The number of aromatic nitrogens is 1. The molecular formula is C17H21N. The quantitative estimate of drug-likeness (QED) is 0.753. The van der Waals surface area contributed by atoms with E-state index in [1.54, 1.807) is 0 Å². The van der Waals surface area contributed by atoms with Crippen LogP contribution in [0.3, 0.4) is 0 Å². The summed E-state index contributed by atoms with van der Waals surface area (Å²) in [6, 6.07) is 12.8. The third-order valence-corrected chi connectivity index (χ3v) is 4.19. The normalized spacial score (nSPS) is 17.1. The molecule has 1 aliphatic carbocycles. The minimum Gasteiger partial charge on any atom is -0.253 e. The second kappa shape index (κ2) is 5.51. The maximum atomic E-state index is 4.76. The predicted octanol–water partition coefficient (Wildman–Crippen LogP) is 4.75. The summed E-state index contributed by atoms with van der Waals surface area (Å²) in [6.07, 6.45) is 9.68. The van der Waals surface area contributed by atoms with Crippen LogP contribution < -0.4 is 0 Å². The fourth-order valence-corrected chi connectivity index (χ4v) is 3.08. The molecule has 0 aliphatic heterocycles. The van der Waals surface area contributed by atoms with Crippen molar-refractivity contribution in [2.24, 2.45) is 5.92 Å². The molecule has 0 atom stereocenters. The van der Waals surface area contributed by atoms with Gasteiger partial charge in [0.25, 0.3) is 0 Å². The summed E-state index contributed by atoms with van der Waals surface area (Å²) in [5, 5.41) is 1.25. The Morgan fingerprint density at radius 3 is 2.67 bits per heavy atom. The Morgan fingerprint density at radius 2 is 1.78 bits per heavy atom. The summed E-state index contributed by atoms with van der Waals surface area (Å²) in [5.74, 6) is 0.951. The number of fused-ring (bicyclic) bond motifs is 1. The maximum Gasteiger partial charge on any atom is 0.0705 e. The van der Waals surface area contributed by atoms with Gasteiger partial charge in [-0.2, -0.15) is 0 Å². The molecule has 2 aromatic rings. The number of rotatable bonds is 3. The molecule has 1 heterocycles. The Kier molecular flexibility index (Phi) is 3.59. The molecule has 0 unspecified atom stereocenters. The number of hydrogen-bond donors (Lipinski definition) is 0. The SMILES string of the molecule is c1ccc2nc(CCC3CCCCC3)ccc2c1. The van der Waals surface area contributed by atoms with Gasteiger partial charge in [-0.05, 0) is 30.9 Å². The van der Waals surface area contributed by atoms with E-state index in [0.29, 0.717) is 0 Å². The average molecular weight is 239 g/mol. The highest BCUT2D eigenvalue weighted by atomic mass is 14.7. The number of nitrogens with zero attached hydrogens (tertiary/aromatic N) is 1. The van der Waals surface area contributed by atoms with E-state index < -0.39 is 0 Å². The summed E-state index contributed by atoms with van der Waals surface area (Å²) in [6.45, 7) is 0. The maximum absolute atomic E-state index is 4.76. The van der Waals surface area contributed by atoms with Gasteiger partial charge in [0.05, 0.1) is 5.52 Å². The van der Waals surface area contributed by atoms with Crippen molar-refractivity contribution in [2.45, 2.75) is 44.9 Å². The molecule has 94 valence electrons. The molecule has 18 heavy (non-hydrogen) atoms. The molecule has 3 rings (SSSR count). The first-order valence-electron chi connectivity index (χ1n) is 7.26. The molecule has 0 saturated heterocycles. The van der Waals surface area contributed by atoms with Crippen LogP contribution in [0.15, 0.2) is 36.4 Å². The lowest BCUT2D eigenvalue weighted by Gasteiger charge is -2.21. The second-order valence-corrected chi connectivity index (χ2v) is 5.54. The van der Waals surface area contributed by atoms with Gasteiger partial charge in [0.2, 0.25) is 0 Å². The van der Waals surface area contributed by atoms with Gasteiger partial charge in [-0.15, -0.1) is 0 Å². The van der Waals surface area contributed by atoms with Crippen molar-refractivity contribution < 1.29 is 0 Å². The van der Waals surface area contributed by atoms with Crippen LogP contribution in [0.4, 0.5) is 0 Å². The van der Waals surface area contributed by atoms with Crippen LogP contribution in [-0.4, -0.2) is 4.98 Å². The molecule has 1 aromatic carbocycles. The average Bonchev–Trinajstić information content (AvgIpc) is 2.46. The molecule has 0 spiro atoms. The number of hydrogen-bond acceptors (Lipinski definition) is 1. The highest BCUT2D eigenvalue weighted by Crippen LogP contribution is 2.27. The third kappa shape index (κ3) is 2.72. The summed E-state index contributed by atoms with van der Waals surface area (Å²) in [4.78, 5) is 4.76. The lowest BCUT2D eigenvalue weighted by atomic mass is 9.86. The lowest BCUT2D eigenvalue weighted by molar-refractivity contribution is 0.338. The molecule has 1 fully saturated rings. The minimum atomic E-state index is 0.951. The van der Waals surface area contributed by atoms with Crippen LogP contribution >= 0.6 is 0 Å². The van der Waals surface area contributed by atoms with Gasteiger partial charge < -0.3 is 0 Å². The van der Waals surface area contributed by atoms with Crippen LogP contribution in [0, 0.1) is 5.92 Å². The van der Waals surface area contributed by atoms with Crippen LogP contribution in [-0.2, 0) is 6.42 Å². The number of pyridine rings is 1. The Hall–Kier alpha value is -1.37. The Balaban J connectivity index is 1.66. The summed E-state index contributed by atoms with van der Waals surface area (Å²) in [5.41, 5.74) is 2.40. The second-order valence-electron chi connectivity index (χ2n) is 5.54. The van der Waals surface area contributed by atoms with Gasteiger partial charge in [-0.25, -0.2) is 0 Å². The lowest BCUT2D eigenvalue weighted by Crippen LogP contribution is -2.07. The van der Waals surface area contributed by atoms with E-state index in [4.69, 9.17) is 4.98 Å². The van der Waals surface area contributed by atoms with Gasteiger partial charge >= 0.3 is 0 Å². The largest absolute Gasteiger partial charge is 0.253 e. The topological polar surface area (TPSA) is 12.9 Å². The van der Waals surface area contributed by atoms with Crippen molar-refractivity contribution in [1.82, 2.24) is 4.98 Å². The third-order valence-electron chi connectivity index (χ3n) is 4.19. The number of aryl methyl sites for hydroxylation is 1. The molecule has 1 nitrogen and oxygen atoms in total. The van der Waals surface area contributed by atoms with Gasteiger partial charge in [0.1, 0.15) is 0 Å². The summed E-state index contributed by atoms with van der Waals surface area (Å²) >= 11 is 0. The molecule has 0 bridgehead atoms. The molecule has 1 saturated carbocycles. The van der Waals surface area contributed by atoms with E-state index in [9.17, 15) is 0 Å². The smallest absolute Gasteiger partial charge is 0.0705 e. The zero-order chi connectivity index (χ0) is 12.2. The van der Waals surface area contributed by atoms with Crippen LogP contribution in [0.1, 0.15) is 44.2 Å². The number of para-hydroxylation sites is 1. The van der Waals surface area contributed by atoms with Gasteiger partial charge in [0.15, 0.2) is 0 Å². The van der Waals surface area contributed by atoms with Crippen molar-refractivity contribution in [3.8, 4) is 0 Å². The van der Waals surface area contributed by atoms with Crippen LogP contribution in [0.5, 0.6) is 0 Å². The molecule has 0 radical (unpaired) electrons. The summed E-state index contributed by atoms with van der Waals surface area (Å²) < 4.78 is 0. The van der Waals surface area contributed by atoms with E-state index in [-0.39, 0.29) is 0 Å². The fourth-order valence-electron chi connectivity index (χ4n) is 3.08. The zero-order valence-electron chi connectivity index (χ0n) is 10.9. The van der Waals surface area contributed by atoms with Crippen molar-refractivity contribution in [3.63, 3.8) is 0 Å². The highest BCUT2D eigenvalue weighted by molar-refractivity contribution is 5.78. The van der Waals surface area contributed by atoms with Gasteiger partial charge in [0, 0.05) is 11.1 Å². The molecule has 1 heteroatoms. The van der Waals surface area contributed by atoms with E-state index >= 15 is 0 Å². The Morgan fingerprint density at radius 1 is 0.944 bits per heavy atom. The van der Waals surface area contributed by atoms with E-state index in [2.05, 4.69) is 36.4 Å². The highest BCUT2D eigenvalue weighted by Gasteiger charge is 2.13. The van der Waals surface area contributed by atoms with Crippen molar-refractivity contribution >= 4 is 10.9 Å². The van der Waals surface area contributed by atoms with E-state index in [1.807, 2.05) is 0 Å². The Bertz CT molecular complexity index is 512. The first-order valence-corrected chi connectivity index (χ1v) is 7.26. The van der Waals surface area contributed by atoms with Crippen molar-refractivity contribution in [2.75, 3.05) is 0 Å². The standard InChI is InChI=1S/C17H21N/c1-2-6-14(7-3-1)10-12-16-13-11-15-8-4-5-9-17(15)18-16/h4-5,8-9,11,13-14H,1-3,6-7,10,12H2. The molecule has 0 amide bonds.